The predicted octanol–water partition coefficient (Wildman–Crippen LogP) is 2.35. The van der Waals surface area contributed by atoms with Crippen LogP contribution >= 0.6 is 0 Å². The highest BCUT2D eigenvalue weighted by atomic mass is 16.7. The number of rotatable bonds is 7. The zero-order valence-corrected chi connectivity index (χ0v) is 14.7. The van der Waals surface area contributed by atoms with Crippen molar-refractivity contribution in [2.45, 2.75) is 13.5 Å². The molecule has 1 aromatic carbocycles. The molecule has 128 valence electrons. The fraction of sp³-hybridized carbons (Fsp3) is 0.353. The molecule has 0 bridgehead atoms. The zero-order chi connectivity index (χ0) is 17.8. The summed E-state index contributed by atoms with van der Waals surface area (Å²) >= 11 is 0. The molecule has 0 aliphatic rings. The van der Waals surface area contributed by atoms with Crippen molar-refractivity contribution >= 4 is 11.4 Å². The molecule has 0 heterocycles. The lowest BCUT2D eigenvalue weighted by Crippen LogP contribution is -2.22. The summed E-state index contributed by atoms with van der Waals surface area (Å²) in [5.74, 6) is 0.633. The number of amidine groups is 1. The second kappa shape index (κ2) is 11.3. The van der Waals surface area contributed by atoms with Crippen LogP contribution in [-0.2, 0) is 16.3 Å². The number of likely N-dealkylation sites (N-methyl/N-ethyl adjacent to an activating group) is 1. The summed E-state index contributed by atoms with van der Waals surface area (Å²) in [7, 11) is 6.65. The van der Waals surface area contributed by atoms with Gasteiger partial charge in [-0.15, -0.1) is 0 Å². The van der Waals surface area contributed by atoms with Gasteiger partial charge in [-0.25, -0.2) is 5.06 Å². The van der Waals surface area contributed by atoms with Crippen LogP contribution in [0.5, 0.6) is 0 Å². The van der Waals surface area contributed by atoms with E-state index in [1.54, 1.807) is 21.1 Å². The van der Waals surface area contributed by atoms with Crippen LogP contribution in [0.1, 0.15) is 18.1 Å². The van der Waals surface area contributed by atoms with E-state index >= 15 is 0 Å². The van der Waals surface area contributed by atoms with Crippen LogP contribution in [-0.4, -0.2) is 39.2 Å². The minimum Gasteiger partial charge on any atom is -0.389 e. The first kappa shape index (κ1) is 20.7. The van der Waals surface area contributed by atoms with E-state index in [9.17, 15) is 0 Å². The van der Waals surface area contributed by atoms with Gasteiger partial charge in [0.05, 0.1) is 7.11 Å². The second-order valence-corrected chi connectivity index (χ2v) is 4.46. The van der Waals surface area contributed by atoms with Gasteiger partial charge in [-0.05, 0) is 30.7 Å². The average molecular weight is 320 g/mol. The molecule has 0 atom stereocenters. The molecule has 0 saturated carbocycles. The lowest BCUT2D eigenvalue weighted by molar-refractivity contribution is -0.0469. The number of allylic oxidation sites excluding steroid dienone is 1. The highest BCUT2D eigenvalue weighted by molar-refractivity contribution is 5.78. The van der Waals surface area contributed by atoms with Gasteiger partial charge >= 0.3 is 0 Å². The van der Waals surface area contributed by atoms with E-state index in [2.05, 4.69) is 29.4 Å². The molecular weight excluding hydrogens is 292 g/mol. The van der Waals surface area contributed by atoms with E-state index in [0.29, 0.717) is 12.4 Å². The van der Waals surface area contributed by atoms with Crippen molar-refractivity contribution in [3.8, 4) is 0 Å². The Hall–Kier alpha value is -2.31. The normalized spacial score (nSPS) is 10.3. The number of oxime groups is 1. The maximum atomic E-state index is 5.38. The van der Waals surface area contributed by atoms with Crippen molar-refractivity contribution in [1.29, 1.82) is 0 Å². The summed E-state index contributed by atoms with van der Waals surface area (Å²) in [4.78, 5) is 10.4. The van der Waals surface area contributed by atoms with Crippen molar-refractivity contribution in [2.24, 2.45) is 10.9 Å². The fourth-order valence-corrected chi connectivity index (χ4v) is 1.64. The molecule has 0 aliphatic carbocycles. The number of hydrogen-bond donors (Lipinski definition) is 2. The molecular formula is C17H28N4O2. The molecule has 1 aromatic rings. The lowest BCUT2D eigenvalue weighted by atomic mass is 9.99. The molecule has 1 rings (SSSR count). The van der Waals surface area contributed by atoms with Crippen LogP contribution in [0.15, 0.2) is 48.3 Å². The van der Waals surface area contributed by atoms with E-state index in [0.717, 1.165) is 22.4 Å². The highest BCUT2D eigenvalue weighted by Gasteiger charge is 2.08. The van der Waals surface area contributed by atoms with E-state index in [1.807, 2.05) is 31.3 Å². The summed E-state index contributed by atoms with van der Waals surface area (Å²) in [5.41, 5.74) is 8.10. The molecule has 0 aromatic heterocycles. The molecule has 0 saturated heterocycles. The van der Waals surface area contributed by atoms with Gasteiger partial charge in [-0.1, -0.05) is 42.6 Å². The van der Waals surface area contributed by atoms with Crippen molar-refractivity contribution in [3.63, 3.8) is 0 Å². The molecule has 0 spiro atoms. The summed E-state index contributed by atoms with van der Waals surface area (Å²) in [6.45, 7) is 10.1. The Morgan fingerprint density at radius 3 is 2.48 bits per heavy atom. The Morgan fingerprint density at radius 1 is 1.30 bits per heavy atom. The zero-order valence-electron chi connectivity index (χ0n) is 14.7. The number of hydroxylamine groups is 2. The van der Waals surface area contributed by atoms with Crippen molar-refractivity contribution < 1.29 is 9.68 Å². The largest absolute Gasteiger partial charge is 0.389 e. The summed E-state index contributed by atoms with van der Waals surface area (Å²) in [6, 6.07) is 7.88. The maximum Gasteiger partial charge on any atom is 0.164 e. The minimum absolute atomic E-state index is 0.348. The Bertz CT molecular complexity index is 541. The first-order valence-corrected chi connectivity index (χ1v) is 7.17. The first-order valence-electron chi connectivity index (χ1n) is 7.17. The third-order valence-corrected chi connectivity index (χ3v) is 3.15. The molecule has 0 radical (unpaired) electrons. The van der Waals surface area contributed by atoms with E-state index in [-0.39, 0.29) is 0 Å². The standard InChI is InChI=1S/C16H23N3O2.CH5N/c1-12(13(2)17-4)16-10-8-7-9-15(16)11-21-18-14(3)19(5)20-6;1-2/h7-10,17H,1-2,11H2,3-6H3;2H2,1H3/b18-14+;. The Kier molecular flexibility index (Phi) is 10.1. The lowest BCUT2D eigenvalue weighted by Gasteiger charge is -2.15. The number of nitrogens with two attached hydrogens (primary N) is 1. The number of nitrogens with zero attached hydrogens (tertiary/aromatic N) is 2. The van der Waals surface area contributed by atoms with Crippen molar-refractivity contribution in [2.75, 3.05) is 28.3 Å². The molecule has 6 heteroatoms. The highest BCUT2D eigenvalue weighted by Crippen LogP contribution is 2.22. The van der Waals surface area contributed by atoms with Gasteiger partial charge in [0.1, 0.15) is 6.61 Å². The molecule has 0 amide bonds. The van der Waals surface area contributed by atoms with Gasteiger partial charge in [0.2, 0.25) is 0 Å². The molecule has 0 unspecified atom stereocenters. The fourth-order valence-electron chi connectivity index (χ4n) is 1.64. The minimum atomic E-state index is 0.348. The van der Waals surface area contributed by atoms with Crippen LogP contribution in [0.4, 0.5) is 0 Å². The van der Waals surface area contributed by atoms with Crippen LogP contribution in [0, 0.1) is 0 Å². The predicted molar refractivity (Wildman–Crippen MR) is 96.5 cm³/mol. The van der Waals surface area contributed by atoms with Crippen molar-refractivity contribution in [3.05, 3.63) is 54.2 Å². The van der Waals surface area contributed by atoms with Gasteiger partial charge in [-0.3, -0.25) is 4.84 Å². The summed E-state index contributed by atoms with van der Waals surface area (Å²) in [5, 5.41) is 8.53. The second-order valence-electron chi connectivity index (χ2n) is 4.46. The first-order chi connectivity index (χ1) is 11.0. The van der Waals surface area contributed by atoms with Gasteiger partial charge in [0, 0.05) is 19.8 Å². The van der Waals surface area contributed by atoms with Crippen LogP contribution in [0.3, 0.4) is 0 Å². The quantitative estimate of drug-likeness (QED) is 0.349. The van der Waals surface area contributed by atoms with E-state index in [4.69, 9.17) is 9.68 Å². The maximum absolute atomic E-state index is 5.38. The molecule has 6 nitrogen and oxygen atoms in total. The third-order valence-electron chi connectivity index (χ3n) is 3.15. The Balaban J connectivity index is 0.00000232. The van der Waals surface area contributed by atoms with E-state index in [1.165, 1.54) is 12.1 Å². The molecule has 3 N–H and O–H groups in total. The van der Waals surface area contributed by atoms with Gasteiger partial charge in [0.15, 0.2) is 5.84 Å². The average Bonchev–Trinajstić information content (AvgIpc) is 2.61. The topological polar surface area (TPSA) is 72.1 Å². The Labute approximate surface area is 139 Å². The SMILES string of the molecule is C=C(NC)C(=C)c1ccccc1CO/N=C(\C)N(C)OC.CN. The van der Waals surface area contributed by atoms with Gasteiger partial charge in [-0.2, -0.15) is 0 Å². The van der Waals surface area contributed by atoms with E-state index < -0.39 is 0 Å². The third kappa shape index (κ3) is 6.54. The van der Waals surface area contributed by atoms with Crippen LogP contribution in [0.2, 0.25) is 0 Å². The van der Waals surface area contributed by atoms with Crippen LogP contribution in [0.25, 0.3) is 5.57 Å². The molecule has 0 fully saturated rings. The number of benzene rings is 1. The van der Waals surface area contributed by atoms with Gasteiger partial charge in [0.25, 0.3) is 0 Å². The number of nitrogens with one attached hydrogen (secondary N) is 1. The van der Waals surface area contributed by atoms with Crippen molar-refractivity contribution in [1.82, 2.24) is 10.4 Å². The monoisotopic (exact) mass is 320 g/mol. The summed E-state index contributed by atoms with van der Waals surface area (Å²) < 4.78 is 0. The number of hydrogen-bond acceptors (Lipinski definition) is 5. The smallest absolute Gasteiger partial charge is 0.164 e. The summed E-state index contributed by atoms with van der Waals surface area (Å²) in [6.07, 6.45) is 0. The van der Waals surface area contributed by atoms with Crippen LogP contribution < -0.4 is 11.1 Å². The Morgan fingerprint density at radius 2 is 1.91 bits per heavy atom. The molecule has 0 aliphatic heterocycles. The van der Waals surface area contributed by atoms with Gasteiger partial charge < -0.3 is 15.9 Å². The molecule has 23 heavy (non-hydrogen) atoms.